The Morgan fingerprint density at radius 3 is 3.00 bits per heavy atom. The zero-order valence-corrected chi connectivity index (χ0v) is 13.7. The van der Waals surface area contributed by atoms with Crippen molar-refractivity contribution in [3.63, 3.8) is 0 Å². The number of nitrogens with one attached hydrogen (secondary N) is 2. The van der Waals surface area contributed by atoms with E-state index in [0.29, 0.717) is 5.11 Å². The van der Waals surface area contributed by atoms with Gasteiger partial charge in [-0.25, -0.2) is 0 Å². The third-order valence-electron chi connectivity index (χ3n) is 3.44. The van der Waals surface area contributed by atoms with E-state index >= 15 is 0 Å². The summed E-state index contributed by atoms with van der Waals surface area (Å²) < 4.78 is 5.33. The number of hydrogen-bond donors (Lipinski definition) is 2. The predicted octanol–water partition coefficient (Wildman–Crippen LogP) is 0.992. The molecule has 0 aromatic carbocycles. The minimum Gasteiger partial charge on any atom is -0.379 e. The molecule has 0 saturated carbocycles. The molecular formula is C15H23N5OS. The lowest BCUT2D eigenvalue weighted by Crippen LogP contribution is -2.39. The number of ether oxygens (including phenoxy) is 1. The molecule has 120 valence electrons. The highest BCUT2D eigenvalue weighted by atomic mass is 32.1. The highest BCUT2D eigenvalue weighted by Gasteiger charge is 2.09. The first-order chi connectivity index (χ1) is 10.8. The molecule has 0 amide bonds. The van der Waals surface area contributed by atoms with E-state index in [1.807, 2.05) is 19.1 Å². The summed E-state index contributed by atoms with van der Waals surface area (Å²) in [7, 11) is 0. The molecule has 7 heteroatoms. The molecule has 1 aliphatic rings. The Bertz CT molecular complexity index is 488. The highest BCUT2D eigenvalue weighted by Crippen LogP contribution is 1.98. The number of aromatic nitrogens is 1. The van der Waals surface area contributed by atoms with Crippen molar-refractivity contribution in [2.24, 2.45) is 5.10 Å². The summed E-state index contributed by atoms with van der Waals surface area (Å²) in [5.41, 5.74) is 4.70. The first-order valence-corrected chi connectivity index (χ1v) is 7.95. The maximum atomic E-state index is 5.33. The molecule has 2 heterocycles. The lowest BCUT2D eigenvalue weighted by Gasteiger charge is -2.26. The fraction of sp³-hybridized carbons (Fsp3) is 0.533. The number of hydrazone groups is 1. The number of thiocarbonyl (C=S) groups is 1. The van der Waals surface area contributed by atoms with E-state index in [1.165, 1.54) is 0 Å². The van der Waals surface area contributed by atoms with Crippen molar-refractivity contribution in [2.75, 3.05) is 39.4 Å². The fourth-order valence-electron chi connectivity index (χ4n) is 2.14. The molecule has 2 N–H and O–H groups in total. The molecule has 0 aliphatic carbocycles. The van der Waals surface area contributed by atoms with Crippen LogP contribution in [0, 0.1) is 0 Å². The van der Waals surface area contributed by atoms with Gasteiger partial charge in [-0.2, -0.15) is 5.10 Å². The molecular weight excluding hydrogens is 298 g/mol. The maximum absolute atomic E-state index is 5.33. The third-order valence-corrected chi connectivity index (χ3v) is 3.68. The summed E-state index contributed by atoms with van der Waals surface area (Å²) in [5, 5.41) is 7.97. The highest BCUT2D eigenvalue weighted by molar-refractivity contribution is 7.80. The standard InChI is InChI=1S/C15H23N5OS/c1-13(14-4-2-5-16-12-14)18-19-15(22)17-6-3-7-20-8-10-21-11-9-20/h2,4-5,12H,3,6-11H2,1H3,(H2,17,19,22)/b18-13+. The number of hydrogen-bond acceptors (Lipinski definition) is 5. The second kappa shape index (κ2) is 9.45. The predicted molar refractivity (Wildman–Crippen MR) is 92.1 cm³/mol. The summed E-state index contributed by atoms with van der Waals surface area (Å²) in [4.78, 5) is 6.48. The molecule has 22 heavy (non-hydrogen) atoms. The lowest BCUT2D eigenvalue weighted by atomic mass is 10.2. The number of pyridine rings is 1. The molecule has 1 aromatic heterocycles. The Kier molecular flexibility index (Phi) is 7.21. The second-order valence-corrected chi connectivity index (χ2v) is 5.52. The Morgan fingerprint density at radius 2 is 2.27 bits per heavy atom. The van der Waals surface area contributed by atoms with E-state index in [4.69, 9.17) is 17.0 Å². The van der Waals surface area contributed by atoms with Crippen LogP contribution in [0.3, 0.4) is 0 Å². The van der Waals surface area contributed by atoms with Gasteiger partial charge in [0.15, 0.2) is 5.11 Å². The molecule has 1 aliphatic heterocycles. The Balaban J connectivity index is 1.61. The second-order valence-electron chi connectivity index (χ2n) is 5.11. The van der Waals surface area contributed by atoms with Gasteiger partial charge in [0.1, 0.15) is 0 Å². The number of nitrogens with zero attached hydrogens (tertiary/aromatic N) is 3. The van der Waals surface area contributed by atoms with E-state index in [9.17, 15) is 0 Å². The van der Waals surface area contributed by atoms with Crippen molar-refractivity contribution < 1.29 is 4.74 Å². The van der Waals surface area contributed by atoms with Crippen molar-refractivity contribution >= 4 is 23.0 Å². The van der Waals surface area contributed by atoms with Crippen molar-refractivity contribution in [1.82, 2.24) is 20.6 Å². The molecule has 1 aromatic rings. The Labute approximate surface area is 136 Å². The average Bonchev–Trinajstić information content (AvgIpc) is 2.58. The van der Waals surface area contributed by atoms with E-state index in [2.05, 4.69) is 25.7 Å². The monoisotopic (exact) mass is 321 g/mol. The minimum absolute atomic E-state index is 0.546. The van der Waals surface area contributed by atoms with Crippen molar-refractivity contribution in [3.05, 3.63) is 30.1 Å². The molecule has 0 bridgehead atoms. The van der Waals surface area contributed by atoms with Crippen LogP contribution in [0.25, 0.3) is 0 Å². The Hall–Kier alpha value is -1.57. The fourth-order valence-corrected chi connectivity index (χ4v) is 2.29. The first-order valence-electron chi connectivity index (χ1n) is 7.54. The van der Waals surface area contributed by atoms with Crippen molar-refractivity contribution in [3.8, 4) is 0 Å². The third kappa shape index (κ3) is 6.05. The zero-order chi connectivity index (χ0) is 15.6. The molecule has 0 atom stereocenters. The van der Waals surface area contributed by atoms with Crippen LogP contribution >= 0.6 is 12.2 Å². The van der Waals surface area contributed by atoms with Gasteiger partial charge in [-0.15, -0.1) is 0 Å². The summed E-state index contributed by atoms with van der Waals surface area (Å²) >= 11 is 5.21. The van der Waals surface area contributed by atoms with Gasteiger partial charge < -0.3 is 10.1 Å². The van der Waals surface area contributed by atoms with Gasteiger partial charge in [-0.05, 0) is 38.2 Å². The smallest absolute Gasteiger partial charge is 0.186 e. The molecule has 0 unspecified atom stereocenters. The van der Waals surface area contributed by atoms with Crippen LogP contribution in [0.5, 0.6) is 0 Å². The van der Waals surface area contributed by atoms with Gasteiger partial charge in [0.2, 0.25) is 0 Å². The normalized spacial score (nSPS) is 16.3. The molecule has 0 spiro atoms. The lowest BCUT2D eigenvalue weighted by molar-refractivity contribution is 0.0376. The van der Waals surface area contributed by atoms with E-state index in [0.717, 1.165) is 57.1 Å². The van der Waals surface area contributed by atoms with Crippen molar-refractivity contribution in [2.45, 2.75) is 13.3 Å². The van der Waals surface area contributed by atoms with Crippen LogP contribution in [0.15, 0.2) is 29.6 Å². The molecule has 2 rings (SSSR count). The zero-order valence-electron chi connectivity index (χ0n) is 12.9. The van der Waals surface area contributed by atoms with E-state index < -0.39 is 0 Å². The van der Waals surface area contributed by atoms with Gasteiger partial charge in [-0.1, -0.05) is 6.07 Å². The van der Waals surface area contributed by atoms with Crippen LogP contribution in [0.4, 0.5) is 0 Å². The first kappa shape index (κ1) is 16.8. The topological polar surface area (TPSA) is 61.8 Å². The Morgan fingerprint density at radius 1 is 1.45 bits per heavy atom. The van der Waals surface area contributed by atoms with Crippen molar-refractivity contribution in [1.29, 1.82) is 0 Å². The summed E-state index contributed by atoms with van der Waals surface area (Å²) in [5.74, 6) is 0. The van der Waals surface area contributed by atoms with Gasteiger partial charge in [0.05, 0.1) is 18.9 Å². The minimum atomic E-state index is 0.546. The van der Waals surface area contributed by atoms with Crippen LogP contribution in [0.2, 0.25) is 0 Å². The summed E-state index contributed by atoms with van der Waals surface area (Å²) in [6, 6.07) is 3.85. The van der Waals surface area contributed by atoms with Crippen LogP contribution < -0.4 is 10.7 Å². The molecule has 1 saturated heterocycles. The van der Waals surface area contributed by atoms with Gasteiger partial charge in [0, 0.05) is 37.6 Å². The SMILES string of the molecule is C/C(=N\NC(=S)NCCCN1CCOCC1)c1cccnc1. The van der Waals surface area contributed by atoms with Gasteiger partial charge in [-0.3, -0.25) is 15.3 Å². The largest absolute Gasteiger partial charge is 0.379 e. The maximum Gasteiger partial charge on any atom is 0.186 e. The van der Waals surface area contributed by atoms with E-state index in [-0.39, 0.29) is 0 Å². The molecule has 0 radical (unpaired) electrons. The van der Waals surface area contributed by atoms with Crippen LogP contribution in [0.1, 0.15) is 18.9 Å². The summed E-state index contributed by atoms with van der Waals surface area (Å²) in [6.45, 7) is 7.56. The molecule has 1 fully saturated rings. The van der Waals surface area contributed by atoms with Crippen LogP contribution in [-0.4, -0.2) is 60.1 Å². The van der Waals surface area contributed by atoms with E-state index in [1.54, 1.807) is 12.4 Å². The van der Waals surface area contributed by atoms with Crippen LogP contribution in [-0.2, 0) is 4.74 Å². The van der Waals surface area contributed by atoms with Gasteiger partial charge in [0.25, 0.3) is 0 Å². The number of morpholine rings is 1. The number of rotatable bonds is 6. The summed E-state index contributed by atoms with van der Waals surface area (Å²) in [6.07, 6.45) is 4.57. The quantitative estimate of drug-likeness (QED) is 0.353. The van der Waals surface area contributed by atoms with Gasteiger partial charge >= 0.3 is 0 Å². The molecule has 6 nitrogen and oxygen atoms in total. The average molecular weight is 321 g/mol.